The Hall–Kier alpha value is -3.20. The molecule has 3 heterocycles. The van der Waals surface area contributed by atoms with Crippen molar-refractivity contribution in [3.8, 4) is 17.0 Å². The molecule has 9 heteroatoms. The van der Waals surface area contributed by atoms with Crippen molar-refractivity contribution in [3.63, 3.8) is 0 Å². The number of ether oxygens (including phenoxy) is 2. The minimum Gasteiger partial charge on any atom is -0.488 e. The largest absolute Gasteiger partial charge is 0.488 e. The van der Waals surface area contributed by atoms with E-state index in [1.807, 2.05) is 42.5 Å². The van der Waals surface area contributed by atoms with Gasteiger partial charge in [-0.25, -0.2) is 15.0 Å². The quantitative estimate of drug-likeness (QED) is 0.393. The van der Waals surface area contributed by atoms with Gasteiger partial charge in [-0.15, -0.1) is 0 Å². The van der Waals surface area contributed by atoms with Crippen molar-refractivity contribution in [2.24, 2.45) is 5.73 Å². The second-order valence-corrected chi connectivity index (χ2v) is 8.60. The Morgan fingerprint density at radius 3 is 2.67 bits per heavy atom. The number of benzene rings is 2. The highest BCUT2D eigenvalue weighted by atomic mass is 35.5. The minimum absolute atomic E-state index is 0.0653. The van der Waals surface area contributed by atoms with E-state index >= 15 is 0 Å². The van der Waals surface area contributed by atoms with Crippen LogP contribution >= 0.6 is 11.6 Å². The summed E-state index contributed by atoms with van der Waals surface area (Å²) in [4.78, 5) is 16.6. The summed E-state index contributed by atoms with van der Waals surface area (Å²) >= 11 is 6.00. The Morgan fingerprint density at radius 2 is 1.91 bits per heavy atom. The summed E-state index contributed by atoms with van der Waals surface area (Å²) in [6, 6.07) is 13.1. The molecule has 2 aromatic carbocycles. The van der Waals surface area contributed by atoms with Gasteiger partial charge in [-0.3, -0.25) is 0 Å². The van der Waals surface area contributed by atoms with Gasteiger partial charge in [0.05, 0.1) is 30.5 Å². The molecule has 5 N–H and O–H groups in total. The molecule has 1 aliphatic rings. The third kappa shape index (κ3) is 4.93. The zero-order valence-electron chi connectivity index (χ0n) is 18.0. The lowest BCUT2D eigenvalue weighted by Gasteiger charge is -2.23. The molecule has 2 aromatic heterocycles. The fourth-order valence-corrected chi connectivity index (χ4v) is 4.12. The van der Waals surface area contributed by atoms with Crippen LogP contribution in [0.4, 0.5) is 5.95 Å². The van der Waals surface area contributed by atoms with Crippen molar-refractivity contribution < 1.29 is 9.47 Å². The van der Waals surface area contributed by atoms with E-state index in [4.69, 9.17) is 37.5 Å². The average Bonchev–Trinajstić information content (AvgIpc) is 3.26. The van der Waals surface area contributed by atoms with Crippen LogP contribution < -0.4 is 16.2 Å². The molecular formula is C24H25ClN6O2. The highest BCUT2D eigenvalue weighted by Gasteiger charge is 2.21. The van der Waals surface area contributed by atoms with Gasteiger partial charge in [0.1, 0.15) is 23.2 Å². The van der Waals surface area contributed by atoms with E-state index in [1.54, 1.807) is 6.20 Å². The molecule has 1 atom stereocenters. The number of hydrogen-bond acceptors (Lipinski definition) is 7. The second kappa shape index (κ2) is 9.35. The number of anilines is 1. The van der Waals surface area contributed by atoms with Gasteiger partial charge in [0.25, 0.3) is 0 Å². The molecule has 0 radical (unpaired) electrons. The molecule has 4 aromatic rings. The van der Waals surface area contributed by atoms with Gasteiger partial charge < -0.3 is 25.9 Å². The maximum atomic E-state index is 6.51. The van der Waals surface area contributed by atoms with E-state index in [0.717, 1.165) is 35.0 Å². The van der Waals surface area contributed by atoms with Crippen LogP contribution in [0.15, 0.2) is 48.7 Å². The van der Waals surface area contributed by atoms with Gasteiger partial charge in [-0.05, 0) is 42.3 Å². The molecular weight excluding hydrogens is 440 g/mol. The summed E-state index contributed by atoms with van der Waals surface area (Å²) in [6.07, 6.45) is 4.00. The van der Waals surface area contributed by atoms with Crippen LogP contribution in [0.2, 0.25) is 5.02 Å². The molecule has 0 amide bonds. The smallest absolute Gasteiger partial charge is 0.220 e. The zero-order valence-corrected chi connectivity index (χ0v) is 18.8. The first-order chi connectivity index (χ1) is 16.0. The number of H-pyrrole nitrogens is 1. The maximum Gasteiger partial charge on any atom is 0.220 e. The number of fused-ring (bicyclic) bond motifs is 1. The van der Waals surface area contributed by atoms with Crippen molar-refractivity contribution in [2.45, 2.75) is 31.4 Å². The number of imidazole rings is 1. The van der Waals surface area contributed by atoms with E-state index in [-0.39, 0.29) is 18.1 Å². The lowest BCUT2D eigenvalue weighted by atomic mass is 10.1. The Morgan fingerprint density at radius 1 is 1.12 bits per heavy atom. The summed E-state index contributed by atoms with van der Waals surface area (Å²) in [7, 11) is 0. The first-order valence-corrected chi connectivity index (χ1v) is 11.3. The van der Waals surface area contributed by atoms with E-state index < -0.39 is 0 Å². The normalized spacial score (nSPS) is 15.6. The van der Waals surface area contributed by atoms with Crippen LogP contribution in [0.3, 0.4) is 0 Å². The van der Waals surface area contributed by atoms with Crippen molar-refractivity contribution in [2.75, 3.05) is 18.9 Å². The van der Waals surface area contributed by atoms with Crippen LogP contribution in [0.25, 0.3) is 22.3 Å². The molecule has 1 fully saturated rings. The number of halogens is 1. The lowest BCUT2D eigenvalue weighted by Crippen LogP contribution is -2.26. The van der Waals surface area contributed by atoms with E-state index in [1.165, 1.54) is 0 Å². The standard InChI is InChI=1S/C24H25ClN6O2/c25-16-3-1-14(2-4-16)11-18(26)23-29-20-12-15(19-5-8-28-24(27)30-19)13-21(22(20)31-23)33-17-6-9-32-10-7-17/h1-5,8,12-13,17-18H,6-7,9-11,26H2,(H,29,31)(H2,27,28,30). The van der Waals surface area contributed by atoms with Gasteiger partial charge in [0, 0.05) is 29.6 Å². The third-order valence-electron chi connectivity index (χ3n) is 5.72. The zero-order chi connectivity index (χ0) is 22.8. The fraction of sp³-hybridized carbons (Fsp3) is 0.292. The summed E-state index contributed by atoms with van der Waals surface area (Å²) in [6.45, 7) is 1.38. The lowest BCUT2D eigenvalue weighted by molar-refractivity contribution is 0.0261. The molecule has 1 unspecified atom stereocenters. The van der Waals surface area contributed by atoms with Gasteiger partial charge >= 0.3 is 0 Å². The van der Waals surface area contributed by atoms with Crippen LogP contribution in [0.5, 0.6) is 5.75 Å². The van der Waals surface area contributed by atoms with Crippen molar-refractivity contribution >= 4 is 28.6 Å². The first-order valence-electron chi connectivity index (χ1n) is 10.9. The number of nitrogens with two attached hydrogens (primary N) is 2. The molecule has 0 saturated carbocycles. The molecule has 0 spiro atoms. The molecule has 1 saturated heterocycles. The monoisotopic (exact) mass is 464 g/mol. The molecule has 0 bridgehead atoms. The number of nitrogen functional groups attached to an aromatic ring is 1. The molecule has 170 valence electrons. The van der Waals surface area contributed by atoms with Crippen LogP contribution in [-0.4, -0.2) is 39.3 Å². The van der Waals surface area contributed by atoms with E-state index in [0.29, 0.717) is 41.9 Å². The second-order valence-electron chi connectivity index (χ2n) is 8.16. The predicted octanol–water partition coefficient (Wildman–Crippen LogP) is 4.06. The number of rotatable bonds is 6. The van der Waals surface area contributed by atoms with Crippen LogP contribution in [0, 0.1) is 0 Å². The van der Waals surface area contributed by atoms with Crippen LogP contribution in [-0.2, 0) is 11.2 Å². The molecule has 5 rings (SSSR count). The number of nitrogens with zero attached hydrogens (tertiary/aromatic N) is 3. The first kappa shape index (κ1) is 21.6. The summed E-state index contributed by atoms with van der Waals surface area (Å²) in [5, 5.41) is 0.698. The Kier molecular flexibility index (Phi) is 6.13. The van der Waals surface area contributed by atoms with Gasteiger partial charge in [0.15, 0.2) is 0 Å². The highest BCUT2D eigenvalue weighted by Crippen LogP contribution is 2.33. The Labute approximate surface area is 196 Å². The Bertz CT molecular complexity index is 1250. The molecule has 0 aliphatic carbocycles. The van der Waals surface area contributed by atoms with Gasteiger partial charge in [-0.1, -0.05) is 23.7 Å². The number of hydrogen-bond donors (Lipinski definition) is 3. The highest BCUT2D eigenvalue weighted by molar-refractivity contribution is 6.30. The molecule has 1 aliphatic heterocycles. The maximum absolute atomic E-state index is 6.51. The summed E-state index contributed by atoms with van der Waals surface area (Å²) in [5.74, 6) is 1.60. The number of nitrogens with one attached hydrogen (secondary N) is 1. The average molecular weight is 465 g/mol. The van der Waals surface area contributed by atoms with E-state index in [9.17, 15) is 0 Å². The van der Waals surface area contributed by atoms with Crippen LogP contribution in [0.1, 0.15) is 30.3 Å². The predicted molar refractivity (Wildman–Crippen MR) is 128 cm³/mol. The topological polar surface area (TPSA) is 125 Å². The fourth-order valence-electron chi connectivity index (χ4n) is 4.00. The Balaban J connectivity index is 1.51. The molecule has 33 heavy (non-hydrogen) atoms. The van der Waals surface area contributed by atoms with Crippen molar-refractivity contribution in [1.29, 1.82) is 0 Å². The van der Waals surface area contributed by atoms with Gasteiger partial charge in [0.2, 0.25) is 5.95 Å². The SMILES string of the molecule is Nc1nccc(-c2cc(OC3CCOCC3)c3nc(C(N)Cc4ccc(Cl)cc4)[nH]c3c2)n1. The molecule has 8 nitrogen and oxygen atoms in total. The summed E-state index contributed by atoms with van der Waals surface area (Å²) in [5.41, 5.74) is 16.6. The van der Waals surface area contributed by atoms with Gasteiger partial charge in [-0.2, -0.15) is 0 Å². The third-order valence-corrected chi connectivity index (χ3v) is 5.97. The van der Waals surface area contributed by atoms with E-state index in [2.05, 4.69) is 15.0 Å². The minimum atomic E-state index is -0.312. The van der Waals surface area contributed by atoms with Crippen molar-refractivity contribution in [3.05, 3.63) is 65.1 Å². The summed E-state index contributed by atoms with van der Waals surface area (Å²) < 4.78 is 11.9. The number of aromatic nitrogens is 4. The van der Waals surface area contributed by atoms with Crippen molar-refractivity contribution in [1.82, 2.24) is 19.9 Å². The number of aromatic amines is 1.